The number of aliphatic hydroxyl groups is 1. The molecule has 1 N–H and O–H groups in total. The molecule has 0 spiro atoms. The van der Waals surface area contributed by atoms with E-state index in [-0.39, 0.29) is 11.9 Å². The highest BCUT2D eigenvalue weighted by molar-refractivity contribution is 6.31. The van der Waals surface area contributed by atoms with E-state index in [9.17, 15) is 9.90 Å². The number of benzene rings is 1. The third-order valence-corrected chi connectivity index (χ3v) is 6.71. The number of aliphatic hydroxyl groups excluding tert-OH is 1. The predicted octanol–water partition coefficient (Wildman–Crippen LogP) is 4.87. The van der Waals surface area contributed by atoms with E-state index in [1.54, 1.807) is 0 Å². The van der Waals surface area contributed by atoms with Gasteiger partial charge in [0.25, 0.3) is 0 Å². The highest BCUT2D eigenvalue weighted by atomic mass is 35.5. The number of halogens is 1. The first-order valence-corrected chi connectivity index (χ1v) is 11.3. The van der Waals surface area contributed by atoms with E-state index in [1.807, 2.05) is 29.2 Å². The van der Waals surface area contributed by atoms with E-state index >= 15 is 0 Å². The van der Waals surface area contributed by atoms with E-state index in [0.717, 1.165) is 31.2 Å². The normalized spacial score (nSPS) is 18.7. The third-order valence-electron chi connectivity index (χ3n) is 6.34. The molecule has 158 valence electrons. The Morgan fingerprint density at radius 3 is 2.21 bits per heavy atom. The lowest BCUT2D eigenvalue weighted by Gasteiger charge is -2.40. The Bertz CT molecular complexity index is 604. The number of amides is 1. The molecular weight excluding hydrogens is 372 g/mol. The molecule has 0 saturated carbocycles. The monoisotopic (exact) mass is 408 g/mol. The molecule has 0 aliphatic carbocycles. The van der Waals surface area contributed by atoms with Gasteiger partial charge >= 0.3 is 0 Å². The number of likely N-dealkylation sites (tertiary alicyclic amines) is 1. The van der Waals surface area contributed by atoms with Crippen molar-refractivity contribution in [3.63, 3.8) is 0 Å². The molecule has 1 heterocycles. The van der Waals surface area contributed by atoms with Crippen molar-refractivity contribution in [3.05, 3.63) is 34.9 Å². The maximum Gasteiger partial charge on any atom is 0.223 e. The van der Waals surface area contributed by atoms with Crippen molar-refractivity contribution in [3.8, 4) is 0 Å². The van der Waals surface area contributed by atoms with Crippen molar-refractivity contribution < 1.29 is 9.90 Å². The summed E-state index contributed by atoms with van der Waals surface area (Å²) < 4.78 is 0. The largest absolute Gasteiger partial charge is 0.390 e. The molecule has 4 nitrogen and oxygen atoms in total. The first kappa shape index (κ1) is 23.2. The lowest BCUT2D eigenvalue weighted by Crippen LogP contribution is -2.51. The minimum Gasteiger partial charge on any atom is -0.390 e. The van der Waals surface area contributed by atoms with Gasteiger partial charge < -0.3 is 10.0 Å². The van der Waals surface area contributed by atoms with Crippen molar-refractivity contribution in [2.24, 2.45) is 0 Å². The minimum atomic E-state index is -0.546. The van der Waals surface area contributed by atoms with Crippen LogP contribution in [0.3, 0.4) is 0 Å². The topological polar surface area (TPSA) is 43.8 Å². The first-order valence-electron chi connectivity index (χ1n) is 10.9. The van der Waals surface area contributed by atoms with Crippen LogP contribution in [0, 0.1) is 0 Å². The highest BCUT2D eigenvalue weighted by Gasteiger charge is 2.38. The van der Waals surface area contributed by atoms with E-state index in [4.69, 9.17) is 11.6 Å². The summed E-state index contributed by atoms with van der Waals surface area (Å²) in [6, 6.07) is 8.43. The van der Waals surface area contributed by atoms with Crippen LogP contribution in [0.5, 0.6) is 0 Å². The zero-order valence-electron chi connectivity index (χ0n) is 17.9. The molecule has 0 radical (unpaired) electrons. The van der Waals surface area contributed by atoms with Gasteiger partial charge in [0.05, 0.1) is 12.1 Å². The second-order valence-electron chi connectivity index (χ2n) is 7.92. The number of rotatable bonds is 11. The van der Waals surface area contributed by atoms with E-state index in [0.29, 0.717) is 43.0 Å². The number of carbonyl (C=O) groups excluding carboxylic acids is 1. The summed E-state index contributed by atoms with van der Waals surface area (Å²) in [6.07, 6.45) is 4.97. The van der Waals surface area contributed by atoms with Crippen LogP contribution in [-0.2, 0) is 11.3 Å². The quantitative estimate of drug-likeness (QED) is 0.568. The minimum absolute atomic E-state index is 0.112. The van der Waals surface area contributed by atoms with Crippen LogP contribution in [0.4, 0.5) is 0 Å². The number of hydrogen-bond acceptors (Lipinski definition) is 3. The van der Waals surface area contributed by atoms with Crippen LogP contribution in [0.2, 0.25) is 5.02 Å². The summed E-state index contributed by atoms with van der Waals surface area (Å²) in [6.45, 7) is 9.97. The molecular formula is C23H37ClN2O2. The molecule has 0 unspecified atom stereocenters. The number of nitrogens with zero attached hydrogens (tertiary/aromatic N) is 2. The number of carbonyl (C=O) groups is 1. The fourth-order valence-electron chi connectivity index (χ4n) is 4.62. The Hall–Kier alpha value is -1.10. The van der Waals surface area contributed by atoms with Gasteiger partial charge in [-0.05, 0) is 43.7 Å². The van der Waals surface area contributed by atoms with Gasteiger partial charge in [-0.25, -0.2) is 0 Å². The fraction of sp³-hybridized carbons (Fsp3) is 0.696. The maximum atomic E-state index is 12.5. The summed E-state index contributed by atoms with van der Waals surface area (Å²) in [5, 5.41) is 11.8. The molecule has 1 aliphatic heterocycles. The lowest BCUT2D eigenvalue weighted by molar-refractivity contribution is -0.131. The Morgan fingerprint density at radius 2 is 1.68 bits per heavy atom. The highest BCUT2D eigenvalue weighted by Crippen LogP contribution is 2.28. The SMILES string of the molecule is CCC(CC)N(C[C@H](O)[C@@H]1CCC(=O)N1Cc1ccccc1Cl)C(CC)CC. The standard InChI is InChI=1S/C23H37ClN2O2/c1-5-18(6-2)25(19(7-3)8-4)16-22(27)21-13-14-23(28)26(21)15-17-11-9-10-12-20(17)24/h9-12,18-19,21-22,27H,5-8,13-16H2,1-4H3/t21-,22-/m0/s1. The molecule has 0 aromatic heterocycles. The summed E-state index contributed by atoms with van der Waals surface area (Å²) in [7, 11) is 0. The molecule has 2 rings (SSSR count). The van der Waals surface area contributed by atoms with Crippen LogP contribution < -0.4 is 0 Å². The molecule has 5 heteroatoms. The zero-order chi connectivity index (χ0) is 20.7. The van der Waals surface area contributed by atoms with Crippen molar-refractivity contribution in [1.82, 2.24) is 9.80 Å². The van der Waals surface area contributed by atoms with Crippen molar-refractivity contribution in [2.45, 2.75) is 97.0 Å². The molecule has 1 aromatic rings. The predicted molar refractivity (Wildman–Crippen MR) is 116 cm³/mol. The Morgan fingerprint density at radius 1 is 1.11 bits per heavy atom. The van der Waals surface area contributed by atoms with Gasteiger partial charge in [-0.15, -0.1) is 0 Å². The van der Waals surface area contributed by atoms with E-state index < -0.39 is 6.10 Å². The Labute approximate surface area is 175 Å². The van der Waals surface area contributed by atoms with E-state index in [2.05, 4.69) is 32.6 Å². The van der Waals surface area contributed by atoms with Crippen LogP contribution in [0.15, 0.2) is 24.3 Å². The Kier molecular flexibility index (Phi) is 9.26. The molecule has 1 amide bonds. The molecule has 1 saturated heterocycles. The Balaban J connectivity index is 2.16. The van der Waals surface area contributed by atoms with Crippen LogP contribution in [-0.4, -0.2) is 51.6 Å². The van der Waals surface area contributed by atoms with Gasteiger partial charge in [0, 0.05) is 36.6 Å². The van der Waals surface area contributed by atoms with Crippen molar-refractivity contribution in [1.29, 1.82) is 0 Å². The van der Waals surface area contributed by atoms with Crippen molar-refractivity contribution in [2.75, 3.05) is 6.54 Å². The average molecular weight is 409 g/mol. The summed E-state index contributed by atoms with van der Waals surface area (Å²) >= 11 is 6.31. The smallest absolute Gasteiger partial charge is 0.223 e. The second-order valence-corrected chi connectivity index (χ2v) is 8.33. The summed E-state index contributed by atoms with van der Waals surface area (Å²) in [5.41, 5.74) is 0.938. The second kappa shape index (κ2) is 11.2. The molecule has 2 atom stereocenters. The molecule has 28 heavy (non-hydrogen) atoms. The van der Waals surface area contributed by atoms with Gasteiger partial charge in [-0.3, -0.25) is 9.69 Å². The van der Waals surface area contributed by atoms with Gasteiger partial charge in [0.15, 0.2) is 0 Å². The van der Waals surface area contributed by atoms with Crippen LogP contribution >= 0.6 is 11.6 Å². The van der Waals surface area contributed by atoms with E-state index in [1.165, 1.54) is 0 Å². The summed E-state index contributed by atoms with van der Waals surface area (Å²) in [4.78, 5) is 16.9. The molecule has 0 bridgehead atoms. The molecule has 1 aromatic carbocycles. The summed E-state index contributed by atoms with van der Waals surface area (Å²) in [5.74, 6) is 0.112. The third kappa shape index (κ3) is 5.49. The van der Waals surface area contributed by atoms with Gasteiger partial charge in [0.1, 0.15) is 0 Å². The van der Waals surface area contributed by atoms with Gasteiger partial charge in [-0.1, -0.05) is 57.5 Å². The molecule has 1 aliphatic rings. The fourth-order valence-corrected chi connectivity index (χ4v) is 4.82. The first-order chi connectivity index (χ1) is 13.5. The average Bonchev–Trinajstić information content (AvgIpc) is 3.06. The molecule has 1 fully saturated rings. The lowest BCUT2D eigenvalue weighted by atomic mass is 10.00. The van der Waals surface area contributed by atoms with Crippen LogP contribution in [0.25, 0.3) is 0 Å². The van der Waals surface area contributed by atoms with Gasteiger partial charge in [0.2, 0.25) is 5.91 Å². The van der Waals surface area contributed by atoms with Crippen LogP contribution in [0.1, 0.15) is 71.8 Å². The van der Waals surface area contributed by atoms with Crippen molar-refractivity contribution >= 4 is 17.5 Å². The van der Waals surface area contributed by atoms with Gasteiger partial charge in [-0.2, -0.15) is 0 Å². The maximum absolute atomic E-state index is 12.5. The number of hydrogen-bond donors (Lipinski definition) is 1. The zero-order valence-corrected chi connectivity index (χ0v) is 18.7.